The second kappa shape index (κ2) is 5.47. The monoisotopic (exact) mass is 337 g/mol. The number of carboxylic acids is 1. The van der Waals surface area contributed by atoms with E-state index in [1.807, 2.05) is 30.3 Å². The maximum absolute atomic E-state index is 11.6. The predicted octanol–water partition coefficient (Wildman–Crippen LogP) is 3.55. The lowest BCUT2D eigenvalue weighted by Gasteiger charge is -1.99. The summed E-state index contributed by atoms with van der Waals surface area (Å²) < 4.78 is 1.68. The number of carbonyl (C=O) groups is 1. The Hall–Kier alpha value is -3.19. The van der Waals surface area contributed by atoms with Gasteiger partial charge in [0.2, 0.25) is 0 Å². The molecule has 0 saturated carbocycles. The zero-order chi connectivity index (χ0) is 16.7. The molecule has 2 N–H and O–H groups in total. The summed E-state index contributed by atoms with van der Waals surface area (Å²) in [4.78, 5) is 20.5. The van der Waals surface area contributed by atoms with E-state index in [2.05, 4.69) is 9.97 Å². The number of aromatic carboxylic acids is 1. The molecule has 24 heavy (non-hydrogen) atoms. The molecule has 0 atom stereocenters. The average Bonchev–Trinajstić information content (AvgIpc) is 3.20. The molecule has 0 aliphatic heterocycles. The van der Waals surface area contributed by atoms with Crippen LogP contribution in [0.2, 0.25) is 0 Å². The summed E-state index contributed by atoms with van der Waals surface area (Å²) in [7, 11) is 0. The highest BCUT2D eigenvalue weighted by molar-refractivity contribution is 7.16. The van der Waals surface area contributed by atoms with Crippen LogP contribution in [0.15, 0.2) is 54.9 Å². The van der Waals surface area contributed by atoms with Crippen molar-refractivity contribution >= 4 is 28.3 Å². The van der Waals surface area contributed by atoms with E-state index < -0.39 is 5.97 Å². The van der Waals surface area contributed by atoms with Crippen LogP contribution in [0.1, 0.15) is 9.67 Å². The molecule has 118 valence electrons. The first-order chi connectivity index (χ1) is 11.6. The van der Waals surface area contributed by atoms with Gasteiger partial charge >= 0.3 is 5.97 Å². The van der Waals surface area contributed by atoms with E-state index >= 15 is 0 Å². The second-order valence-electron chi connectivity index (χ2n) is 5.10. The summed E-state index contributed by atoms with van der Waals surface area (Å²) in [5.41, 5.74) is 2.28. The molecule has 0 saturated heterocycles. The minimum Gasteiger partial charge on any atom is -0.506 e. The van der Waals surface area contributed by atoms with Gasteiger partial charge in [0.05, 0.1) is 11.2 Å². The summed E-state index contributed by atoms with van der Waals surface area (Å²) in [5.74, 6) is -0.950. The second-order valence-corrected chi connectivity index (χ2v) is 6.08. The van der Waals surface area contributed by atoms with Crippen molar-refractivity contribution in [3.8, 4) is 22.1 Å². The number of aromatic hydroxyl groups is 1. The van der Waals surface area contributed by atoms with E-state index in [-0.39, 0.29) is 10.6 Å². The standard InChI is InChI=1S/C17H11N3O3S/c21-12-8-4-7-11-14(12)18-9-20(11)17-19-13(15(24-17)16(22)23)10-5-2-1-3-6-10/h1-9,21H,(H,22,23). The number of phenols is 1. The van der Waals surface area contributed by atoms with Crippen molar-refractivity contribution in [2.75, 3.05) is 0 Å². The molecule has 0 spiro atoms. The quantitative estimate of drug-likeness (QED) is 0.597. The number of imidazole rings is 1. The van der Waals surface area contributed by atoms with Crippen molar-refractivity contribution in [3.05, 3.63) is 59.7 Å². The number of para-hydroxylation sites is 1. The Morgan fingerprint density at radius 2 is 1.88 bits per heavy atom. The number of thiazole rings is 1. The summed E-state index contributed by atoms with van der Waals surface area (Å²) in [6.45, 7) is 0. The topological polar surface area (TPSA) is 88.2 Å². The molecule has 0 amide bonds. The average molecular weight is 337 g/mol. The van der Waals surface area contributed by atoms with E-state index in [0.717, 1.165) is 16.9 Å². The molecule has 0 radical (unpaired) electrons. The van der Waals surface area contributed by atoms with E-state index in [1.54, 1.807) is 22.8 Å². The van der Waals surface area contributed by atoms with Crippen LogP contribution in [0, 0.1) is 0 Å². The third-order valence-corrected chi connectivity index (χ3v) is 4.66. The molecule has 4 rings (SSSR count). The van der Waals surface area contributed by atoms with Crippen LogP contribution in [0.25, 0.3) is 27.4 Å². The molecule has 2 aromatic heterocycles. The minimum atomic E-state index is -1.02. The molecular formula is C17H11N3O3S. The van der Waals surface area contributed by atoms with E-state index in [1.165, 1.54) is 6.33 Å². The van der Waals surface area contributed by atoms with Gasteiger partial charge < -0.3 is 10.2 Å². The van der Waals surface area contributed by atoms with Crippen molar-refractivity contribution in [2.45, 2.75) is 0 Å². The number of rotatable bonds is 3. The molecule has 2 heterocycles. The molecule has 0 aliphatic rings. The summed E-state index contributed by atoms with van der Waals surface area (Å²) in [6, 6.07) is 14.2. The van der Waals surface area contributed by atoms with Crippen LogP contribution in [-0.2, 0) is 0 Å². The third-order valence-electron chi connectivity index (χ3n) is 3.62. The summed E-state index contributed by atoms with van der Waals surface area (Å²) >= 11 is 1.07. The molecule has 2 aromatic carbocycles. The lowest BCUT2D eigenvalue weighted by Crippen LogP contribution is -1.95. The third kappa shape index (κ3) is 2.22. The fourth-order valence-electron chi connectivity index (χ4n) is 2.52. The van der Waals surface area contributed by atoms with Gasteiger partial charge in [-0.25, -0.2) is 14.8 Å². The van der Waals surface area contributed by atoms with Gasteiger partial charge in [-0.2, -0.15) is 0 Å². The fraction of sp³-hybridized carbons (Fsp3) is 0. The molecule has 0 fully saturated rings. The summed E-state index contributed by atoms with van der Waals surface area (Å²) in [5, 5.41) is 19.9. The molecule has 0 unspecified atom stereocenters. The first-order valence-corrected chi connectivity index (χ1v) is 7.92. The van der Waals surface area contributed by atoms with Crippen molar-refractivity contribution in [1.29, 1.82) is 0 Å². The number of nitrogens with zero attached hydrogens (tertiary/aromatic N) is 3. The first-order valence-electron chi connectivity index (χ1n) is 7.10. The van der Waals surface area contributed by atoms with Crippen LogP contribution < -0.4 is 0 Å². The Kier molecular flexibility index (Phi) is 3.28. The number of fused-ring (bicyclic) bond motifs is 1. The van der Waals surface area contributed by atoms with Crippen LogP contribution in [0.3, 0.4) is 0 Å². The predicted molar refractivity (Wildman–Crippen MR) is 90.8 cm³/mol. The zero-order valence-electron chi connectivity index (χ0n) is 12.2. The van der Waals surface area contributed by atoms with Gasteiger partial charge in [-0.05, 0) is 12.1 Å². The lowest BCUT2D eigenvalue weighted by molar-refractivity contribution is 0.0702. The maximum Gasteiger partial charge on any atom is 0.348 e. The maximum atomic E-state index is 11.6. The molecule has 0 aliphatic carbocycles. The highest BCUT2D eigenvalue weighted by atomic mass is 32.1. The highest BCUT2D eigenvalue weighted by Gasteiger charge is 2.20. The Bertz CT molecular complexity index is 1050. The number of benzene rings is 2. The van der Waals surface area contributed by atoms with Crippen molar-refractivity contribution in [3.63, 3.8) is 0 Å². The van der Waals surface area contributed by atoms with Crippen LogP contribution in [0.5, 0.6) is 5.75 Å². The number of hydrogen-bond donors (Lipinski definition) is 2. The van der Waals surface area contributed by atoms with Crippen LogP contribution in [-0.4, -0.2) is 30.7 Å². The van der Waals surface area contributed by atoms with Gasteiger partial charge in [-0.15, -0.1) is 0 Å². The number of carboxylic acid groups (broad SMARTS) is 1. The number of hydrogen-bond acceptors (Lipinski definition) is 5. The Balaban J connectivity index is 1.93. The lowest BCUT2D eigenvalue weighted by atomic mass is 10.1. The fourth-order valence-corrected chi connectivity index (χ4v) is 3.44. The van der Waals surface area contributed by atoms with Gasteiger partial charge in [-0.1, -0.05) is 47.7 Å². The molecular weight excluding hydrogens is 326 g/mol. The zero-order valence-corrected chi connectivity index (χ0v) is 13.1. The van der Waals surface area contributed by atoms with Crippen molar-refractivity contribution < 1.29 is 15.0 Å². The van der Waals surface area contributed by atoms with E-state index in [4.69, 9.17) is 0 Å². The van der Waals surface area contributed by atoms with Crippen molar-refractivity contribution in [1.82, 2.24) is 14.5 Å². The van der Waals surface area contributed by atoms with Gasteiger partial charge in [0.1, 0.15) is 22.5 Å². The first kappa shape index (κ1) is 14.4. The van der Waals surface area contributed by atoms with Crippen LogP contribution >= 0.6 is 11.3 Å². The normalized spacial score (nSPS) is 11.0. The number of aromatic nitrogens is 3. The van der Waals surface area contributed by atoms with Gasteiger partial charge in [-0.3, -0.25) is 4.57 Å². The van der Waals surface area contributed by atoms with Crippen molar-refractivity contribution in [2.24, 2.45) is 0 Å². The van der Waals surface area contributed by atoms with Gasteiger partial charge in [0.25, 0.3) is 0 Å². The Morgan fingerprint density at radius 1 is 1.08 bits per heavy atom. The molecule has 0 bridgehead atoms. The highest BCUT2D eigenvalue weighted by Crippen LogP contribution is 2.32. The molecule has 6 nitrogen and oxygen atoms in total. The van der Waals surface area contributed by atoms with Gasteiger partial charge in [0, 0.05) is 5.56 Å². The number of phenolic OH excluding ortho intramolecular Hbond substituents is 1. The Labute approximate surface area is 140 Å². The summed E-state index contributed by atoms with van der Waals surface area (Å²) in [6.07, 6.45) is 1.53. The van der Waals surface area contributed by atoms with Crippen LogP contribution in [0.4, 0.5) is 0 Å². The minimum absolute atomic E-state index is 0.0737. The Morgan fingerprint density at radius 3 is 2.62 bits per heavy atom. The van der Waals surface area contributed by atoms with E-state index in [9.17, 15) is 15.0 Å². The smallest absolute Gasteiger partial charge is 0.348 e. The molecule has 4 aromatic rings. The van der Waals surface area contributed by atoms with Gasteiger partial charge in [0.15, 0.2) is 5.13 Å². The largest absolute Gasteiger partial charge is 0.506 e. The van der Waals surface area contributed by atoms with E-state index in [0.29, 0.717) is 21.9 Å². The SMILES string of the molecule is O=C(O)c1sc(-n2cnc3c(O)cccc32)nc1-c1ccccc1. The molecule has 7 heteroatoms.